The number of pyridine rings is 1. The second-order valence-corrected chi connectivity index (χ2v) is 4.79. The van der Waals surface area contributed by atoms with E-state index in [1.165, 1.54) is 0 Å². The lowest BCUT2D eigenvalue weighted by molar-refractivity contribution is -0.129. The Hall–Kier alpha value is -1.89. The highest BCUT2D eigenvalue weighted by atomic mass is 16.2. The number of nitriles is 1. The van der Waals surface area contributed by atoms with Gasteiger partial charge in [0, 0.05) is 18.9 Å². The van der Waals surface area contributed by atoms with E-state index in [2.05, 4.69) is 16.4 Å². The molecule has 0 unspecified atom stereocenters. The predicted octanol–water partition coefficient (Wildman–Crippen LogP) is 2.17. The average Bonchev–Trinajstić information content (AvgIpc) is 2.46. The summed E-state index contributed by atoms with van der Waals surface area (Å²) in [4.78, 5) is 16.1. The molecule has 1 aromatic heterocycles. The summed E-state index contributed by atoms with van der Waals surface area (Å²) < 4.78 is 0. The van der Waals surface area contributed by atoms with Crippen LogP contribution in [-0.4, -0.2) is 10.9 Å². The molecule has 1 aliphatic rings. The van der Waals surface area contributed by atoms with Crippen LogP contribution >= 0.6 is 0 Å². The number of hydrogen-bond donors (Lipinski definition) is 1. The molecule has 2 rings (SSSR count). The quantitative estimate of drug-likeness (QED) is 0.884. The Morgan fingerprint density at radius 2 is 2.00 bits per heavy atom. The zero-order valence-electron chi connectivity index (χ0n) is 10.4. The molecule has 1 heterocycles. The molecule has 0 spiro atoms. The Labute approximate surface area is 107 Å². The minimum absolute atomic E-state index is 0.124. The number of nitrogens with zero attached hydrogens (tertiary/aromatic N) is 2. The van der Waals surface area contributed by atoms with E-state index < -0.39 is 5.41 Å². The third kappa shape index (κ3) is 2.67. The summed E-state index contributed by atoms with van der Waals surface area (Å²) in [5, 5.41) is 12.2. The molecule has 0 aliphatic heterocycles. The molecular weight excluding hydrogens is 226 g/mol. The van der Waals surface area contributed by atoms with Gasteiger partial charge >= 0.3 is 0 Å². The molecule has 1 aromatic rings. The fourth-order valence-corrected chi connectivity index (χ4v) is 2.40. The molecule has 1 N–H and O–H groups in total. The molecule has 18 heavy (non-hydrogen) atoms. The van der Waals surface area contributed by atoms with Gasteiger partial charge in [0.15, 0.2) is 0 Å². The number of amides is 1. The number of nitrogens with one attached hydrogen (secondary N) is 1. The molecule has 4 nitrogen and oxygen atoms in total. The van der Waals surface area contributed by atoms with Gasteiger partial charge in [0.2, 0.25) is 5.91 Å². The molecule has 0 aromatic carbocycles. The van der Waals surface area contributed by atoms with Crippen LogP contribution in [0, 0.1) is 16.7 Å². The highest BCUT2D eigenvalue weighted by molar-refractivity contribution is 5.85. The number of aromatic nitrogens is 1. The van der Waals surface area contributed by atoms with Crippen LogP contribution in [0.15, 0.2) is 24.5 Å². The van der Waals surface area contributed by atoms with Gasteiger partial charge in [0.25, 0.3) is 0 Å². The van der Waals surface area contributed by atoms with Crippen LogP contribution in [0.5, 0.6) is 0 Å². The Kier molecular flexibility index (Phi) is 3.93. The molecule has 0 atom stereocenters. The molecule has 1 fully saturated rings. The summed E-state index contributed by atoms with van der Waals surface area (Å²) in [7, 11) is 0. The highest BCUT2D eigenvalue weighted by Crippen LogP contribution is 2.35. The first-order chi connectivity index (χ1) is 8.77. The lowest BCUT2D eigenvalue weighted by atomic mass is 9.74. The van der Waals surface area contributed by atoms with Gasteiger partial charge in [0.05, 0.1) is 6.07 Å². The molecule has 4 heteroatoms. The fraction of sp³-hybridized carbons (Fsp3) is 0.500. The van der Waals surface area contributed by atoms with Gasteiger partial charge in [-0.25, -0.2) is 0 Å². The smallest absolute Gasteiger partial charge is 0.240 e. The van der Waals surface area contributed by atoms with Crippen molar-refractivity contribution in [1.29, 1.82) is 5.26 Å². The van der Waals surface area contributed by atoms with Crippen LogP contribution < -0.4 is 5.32 Å². The summed E-state index contributed by atoms with van der Waals surface area (Å²) in [5.41, 5.74) is 0.202. The number of carbonyl (C=O) groups is 1. The van der Waals surface area contributed by atoms with Crippen molar-refractivity contribution in [3.8, 4) is 6.07 Å². The van der Waals surface area contributed by atoms with Crippen molar-refractivity contribution < 1.29 is 4.79 Å². The van der Waals surface area contributed by atoms with Gasteiger partial charge in [-0.3, -0.25) is 9.78 Å². The first-order valence-corrected chi connectivity index (χ1v) is 6.35. The number of hydrogen-bond acceptors (Lipinski definition) is 3. The summed E-state index contributed by atoms with van der Waals surface area (Å²) in [6.45, 7) is 0.463. The summed E-state index contributed by atoms with van der Waals surface area (Å²) in [6, 6.07) is 5.95. The minimum atomic E-state index is -0.800. The normalized spacial score (nSPS) is 17.7. The fourth-order valence-electron chi connectivity index (χ4n) is 2.40. The van der Waals surface area contributed by atoms with Gasteiger partial charge in [-0.1, -0.05) is 19.3 Å². The topological polar surface area (TPSA) is 65.8 Å². The van der Waals surface area contributed by atoms with E-state index in [1.54, 1.807) is 12.4 Å². The van der Waals surface area contributed by atoms with E-state index in [0.717, 1.165) is 24.8 Å². The van der Waals surface area contributed by atoms with Crippen LogP contribution in [0.2, 0.25) is 0 Å². The predicted molar refractivity (Wildman–Crippen MR) is 67.2 cm³/mol. The first kappa shape index (κ1) is 12.6. The highest BCUT2D eigenvalue weighted by Gasteiger charge is 2.39. The maximum absolute atomic E-state index is 12.2. The van der Waals surface area contributed by atoms with Crippen LogP contribution in [0.1, 0.15) is 37.7 Å². The van der Waals surface area contributed by atoms with E-state index in [1.807, 2.05) is 12.1 Å². The van der Waals surface area contributed by atoms with E-state index >= 15 is 0 Å². The monoisotopic (exact) mass is 243 g/mol. The zero-order valence-corrected chi connectivity index (χ0v) is 10.4. The Morgan fingerprint density at radius 3 is 2.61 bits per heavy atom. The van der Waals surface area contributed by atoms with Crippen LogP contribution in [0.3, 0.4) is 0 Å². The third-order valence-electron chi connectivity index (χ3n) is 3.56. The Morgan fingerprint density at radius 1 is 1.33 bits per heavy atom. The second-order valence-electron chi connectivity index (χ2n) is 4.79. The van der Waals surface area contributed by atoms with E-state index in [0.29, 0.717) is 19.4 Å². The minimum Gasteiger partial charge on any atom is -0.351 e. The summed E-state index contributed by atoms with van der Waals surface area (Å²) in [6.07, 6.45) is 7.83. The van der Waals surface area contributed by atoms with Crippen molar-refractivity contribution in [2.75, 3.05) is 0 Å². The summed E-state index contributed by atoms with van der Waals surface area (Å²) >= 11 is 0. The largest absolute Gasteiger partial charge is 0.351 e. The van der Waals surface area contributed by atoms with E-state index in [-0.39, 0.29) is 5.91 Å². The third-order valence-corrected chi connectivity index (χ3v) is 3.56. The van der Waals surface area contributed by atoms with E-state index in [9.17, 15) is 10.1 Å². The van der Waals surface area contributed by atoms with Gasteiger partial charge in [0.1, 0.15) is 5.41 Å². The van der Waals surface area contributed by atoms with Crippen molar-refractivity contribution in [3.63, 3.8) is 0 Å². The lowest BCUT2D eigenvalue weighted by Gasteiger charge is -2.29. The molecule has 1 aliphatic carbocycles. The molecular formula is C14H17N3O. The van der Waals surface area contributed by atoms with Crippen LogP contribution in [0.25, 0.3) is 0 Å². The zero-order chi connectivity index (χ0) is 12.8. The van der Waals surface area contributed by atoms with Crippen molar-refractivity contribution in [2.24, 2.45) is 5.41 Å². The maximum Gasteiger partial charge on any atom is 0.240 e. The molecule has 0 radical (unpaired) electrons. The van der Waals surface area contributed by atoms with E-state index in [4.69, 9.17) is 0 Å². The number of rotatable bonds is 3. The molecule has 1 amide bonds. The molecule has 0 saturated heterocycles. The van der Waals surface area contributed by atoms with Crippen molar-refractivity contribution in [3.05, 3.63) is 30.1 Å². The van der Waals surface area contributed by atoms with Crippen molar-refractivity contribution in [1.82, 2.24) is 10.3 Å². The van der Waals surface area contributed by atoms with Gasteiger partial charge in [-0.05, 0) is 30.5 Å². The number of carbonyl (C=O) groups excluding carboxylic acids is 1. The first-order valence-electron chi connectivity index (χ1n) is 6.35. The average molecular weight is 243 g/mol. The lowest BCUT2D eigenvalue weighted by Crippen LogP contribution is -2.41. The Balaban J connectivity index is 1.97. The summed E-state index contributed by atoms with van der Waals surface area (Å²) in [5.74, 6) is -0.124. The second kappa shape index (κ2) is 5.63. The SMILES string of the molecule is N#CC1(C(=O)NCc2ccncc2)CCCCC1. The van der Waals surface area contributed by atoms with Gasteiger partial charge in [-0.15, -0.1) is 0 Å². The van der Waals surface area contributed by atoms with Gasteiger partial charge in [-0.2, -0.15) is 5.26 Å². The van der Waals surface area contributed by atoms with Crippen LogP contribution in [0.4, 0.5) is 0 Å². The maximum atomic E-state index is 12.2. The molecule has 1 saturated carbocycles. The Bertz CT molecular complexity index is 444. The standard InChI is InChI=1S/C14H17N3O/c15-11-14(6-2-1-3-7-14)13(18)17-10-12-4-8-16-9-5-12/h4-5,8-9H,1-3,6-7,10H2,(H,17,18). The van der Waals surface area contributed by atoms with Crippen LogP contribution in [-0.2, 0) is 11.3 Å². The molecule has 94 valence electrons. The molecule has 0 bridgehead atoms. The van der Waals surface area contributed by atoms with Gasteiger partial charge < -0.3 is 5.32 Å². The van der Waals surface area contributed by atoms with Crippen molar-refractivity contribution >= 4 is 5.91 Å². The van der Waals surface area contributed by atoms with Crippen molar-refractivity contribution in [2.45, 2.75) is 38.6 Å².